The lowest BCUT2D eigenvalue weighted by atomic mass is 9.87. The van der Waals surface area contributed by atoms with Crippen molar-refractivity contribution in [1.29, 1.82) is 0 Å². The van der Waals surface area contributed by atoms with E-state index in [1.807, 2.05) is 6.20 Å². The highest BCUT2D eigenvalue weighted by Gasteiger charge is 2.21. The molecule has 2 aromatic rings. The Morgan fingerprint density at radius 1 is 0.913 bits per heavy atom. The maximum Gasteiger partial charge on any atom is 0.106 e. The van der Waals surface area contributed by atoms with Gasteiger partial charge in [0.15, 0.2) is 0 Å². The first kappa shape index (κ1) is 13.1. The van der Waals surface area contributed by atoms with Crippen LogP contribution in [0.4, 0.5) is 0 Å². The van der Waals surface area contributed by atoms with Crippen LogP contribution >= 0.6 is 0 Å². The molecular weight excluding hydrogens is 282 g/mol. The van der Waals surface area contributed by atoms with Crippen LogP contribution in [0.5, 0.6) is 0 Å². The van der Waals surface area contributed by atoms with E-state index in [-0.39, 0.29) is 0 Å². The van der Waals surface area contributed by atoms with Crippen molar-refractivity contribution in [3.8, 4) is 0 Å². The third-order valence-corrected chi connectivity index (χ3v) is 5.26. The summed E-state index contributed by atoms with van der Waals surface area (Å²) in [5.74, 6) is 1.16. The molecule has 1 aromatic carbocycles. The van der Waals surface area contributed by atoms with Crippen molar-refractivity contribution in [2.45, 2.75) is 32.1 Å². The maximum atomic E-state index is 5.94. The second kappa shape index (κ2) is 5.09. The van der Waals surface area contributed by atoms with E-state index >= 15 is 0 Å². The van der Waals surface area contributed by atoms with Crippen LogP contribution in [0, 0.1) is 0 Å². The van der Waals surface area contributed by atoms with Crippen LogP contribution in [0.3, 0.4) is 0 Å². The van der Waals surface area contributed by atoms with Gasteiger partial charge in [-0.2, -0.15) is 0 Å². The third kappa shape index (κ3) is 1.98. The van der Waals surface area contributed by atoms with Gasteiger partial charge in [0.2, 0.25) is 0 Å². The zero-order valence-corrected chi connectivity index (χ0v) is 13.1. The van der Waals surface area contributed by atoms with Crippen LogP contribution in [0.25, 0.3) is 23.0 Å². The molecular formula is C21H19NO. The summed E-state index contributed by atoms with van der Waals surface area (Å²) in [7, 11) is 0. The minimum atomic E-state index is 0.815. The number of rotatable bonds is 1. The molecule has 0 atom stereocenters. The lowest BCUT2D eigenvalue weighted by Crippen LogP contribution is -2.42. The molecule has 0 radical (unpaired) electrons. The predicted octanol–water partition coefficient (Wildman–Crippen LogP) is 1.13. The minimum absolute atomic E-state index is 0.815. The highest BCUT2D eigenvalue weighted by Crippen LogP contribution is 2.27. The van der Waals surface area contributed by atoms with Crippen LogP contribution in [-0.2, 0) is 11.2 Å². The van der Waals surface area contributed by atoms with Crippen molar-refractivity contribution in [2.75, 3.05) is 6.61 Å². The van der Waals surface area contributed by atoms with Gasteiger partial charge in [-0.3, -0.25) is 4.98 Å². The average molecular weight is 301 g/mol. The SMILES string of the molecule is C1=c2ccccc2=C(C2=c3nccc4c3=C(CC2)OCC4)CC1. The number of pyridine rings is 1. The Morgan fingerprint density at radius 2 is 1.87 bits per heavy atom. The fourth-order valence-electron chi connectivity index (χ4n) is 4.22. The average Bonchev–Trinajstić information content (AvgIpc) is 2.62. The smallest absolute Gasteiger partial charge is 0.106 e. The van der Waals surface area contributed by atoms with Crippen LogP contribution in [0.15, 0.2) is 36.5 Å². The summed E-state index contributed by atoms with van der Waals surface area (Å²) in [4.78, 5) is 4.77. The van der Waals surface area contributed by atoms with E-state index in [2.05, 4.69) is 36.4 Å². The molecule has 23 heavy (non-hydrogen) atoms. The lowest BCUT2D eigenvalue weighted by Gasteiger charge is -2.24. The first-order chi connectivity index (χ1) is 11.4. The molecule has 0 fully saturated rings. The summed E-state index contributed by atoms with van der Waals surface area (Å²) in [6.07, 6.45) is 9.63. The molecule has 0 spiro atoms. The summed E-state index contributed by atoms with van der Waals surface area (Å²) in [6.45, 7) is 0.815. The zero-order chi connectivity index (χ0) is 15.2. The fourth-order valence-corrected chi connectivity index (χ4v) is 4.22. The number of fused-ring (bicyclic) bond motifs is 1. The molecule has 2 nitrogen and oxygen atoms in total. The Morgan fingerprint density at radius 3 is 2.87 bits per heavy atom. The number of benzene rings is 1. The van der Waals surface area contributed by atoms with Gasteiger partial charge in [-0.05, 0) is 52.5 Å². The van der Waals surface area contributed by atoms with E-state index in [1.54, 1.807) is 0 Å². The Balaban J connectivity index is 1.93. The molecule has 3 aliphatic rings. The summed E-state index contributed by atoms with van der Waals surface area (Å²) in [6, 6.07) is 10.9. The van der Waals surface area contributed by atoms with Gasteiger partial charge in [-0.1, -0.05) is 30.3 Å². The molecule has 114 valence electrons. The fraction of sp³-hybridized carbons (Fsp3) is 0.286. The van der Waals surface area contributed by atoms with Gasteiger partial charge in [0.25, 0.3) is 0 Å². The molecule has 0 amide bonds. The van der Waals surface area contributed by atoms with E-state index in [4.69, 9.17) is 9.72 Å². The zero-order valence-electron chi connectivity index (χ0n) is 13.1. The van der Waals surface area contributed by atoms with Gasteiger partial charge in [0.1, 0.15) is 5.76 Å². The molecule has 0 saturated carbocycles. The Bertz CT molecular complexity index is 1050. The number of hydrogen-bond donors (Lipinski definition) is 0. The summed E-state index contributed by atoms with van der Waals surface area (Å²) >= 11 is 0. The quantitative estimate of drug-likeness (QED) is 0.788. The van der Waals surface area contributed by atoms with E-state index in [9.17, 15) is 0 Å². The number of hydrogen-bond acceptors (Lipinski definition) is 2. The van der Waals surface area contributed by atoms with Crippen molar-refractivity contribution in [3.63, 3.8) is 0 Å². The van der Waals surface area contributed by atoms with E-state index in [0.29, 0.717) is 0 Å². The highest BCUT2D eigenvalue weighted by atomic mass is 16.5. The molecule has 0 saturated heterocycles. The van der Waals surface area contributed by atoms with Crippen LogP contribution in [0.2, 0.25) is 0 Å². The van der Waals surface area contributed by atoms with Gasteiger partial charge < -0.3 is 4.74 Å². The second-order valence-electron chi connectivity index (χ2n) is 6.50. The number of nitrogens with zero attached hydrogens (tertiary/aromatic N) is 1. The monoisotopic (exact) mass is 301 g/mol. The van der Waals surface area contributed by atoms with Crippen molar-refractivity contribution >= 4 is 23.0 Å². The first-order valence-corrected chi connectivity index (χ1v) is 8.54. The largest absolute Gasteiger partial charge is 0.497 e. The molecule has 0 N–H and O–H groups in total. The second-order valence-corrected chi connectivity index (χ2v) is 6.50. The molecule has 5 rings (SSSR count). The predicted molar refractivity (Wildman–Crippen MR) is 92.0 cm³/mol. The highest BCUT2D eigenvalue weighted by molar-refractivity contribution is 5.89. The molecule has 2 heterocycles. The molecule has 0 unspecified atom stereocenters. The standard InChI is InChI=1S/C21H19NO/c1-2-6-16-14(4-1)5-3-7-17(16)18-8-9-19-20-15(11-13-23-19)10-12-22-21(18)20/h1-2,4-6,10,12H,3,7-9,11,13H2. The van der Waals surface area contributed by atoms with Gasteiger partial charge >= 0.3 is 0 Å². The van der Waals surface area contributed by atoms with Crippen LogP contribution in [-0.4, -0.2) is 11.6 Å². The molecule has 1 aliphatic heterocycles. The Labute approximate surface area is 135 Å². The van der Waals surface area contributed by atoms with Gasteiger partial charge in [-0.25, -0.2) is 0 Å². The normalized spacial score (nSPS) is 18.7. The molecule has 0 bridgehead atoms. The summed E-state index contributed by atoms with van der Waals surface area (Å²) in [5.41, 5.74) is 4.34. The lowest BCUT2D eigenvalue weighted by molar-refractivity contribution is 0.255. The van der Waals surface area contributed by atoms with E-state index in [0.717, 1.165) is 44.5 Å². The number of aromatic nitrogens is 1. The first-order valence-electron chi connectivity index (χ1n) is 8.54. The van der Waals surface area contributed by atoms with Gasteiger partial charge in [0.05, 0.1) is 12.0 Å². The molecule has 2 aliphatic carbocycles. The molecule has 2 heteroatoms. The van der Waals surface area contributed by atoms with Crippen LogP contribution in [0.1, 0.15) is 31.2 Å². The molecule has 1 aromatic heterocycles. The van der Waals surface area contributed by atoms with Crippen LogP contribution < -0.4 is 21.0 Å². The maximum absolute atomic E-state index is 5.94. The Kier molecular flexibility index (Phi) is 2.90. The van der Waals surface area contributed by atoms with E-state index < -0.39 is 0 Å². The van der Waals surface area contributed by atoms with Crippen molar-refractivity contribution in [1.82, 2.24) is 4.98 Å². The van der Waals surface area contributed by atoms with Crippen molar-refractivity contribution in [3.05, 3.63) is 63.1 Å². The Hall–Kier alpha value is -2.35. The minimum Gasteiger partial charge on any atom is -0.497 e. The summed E-state index contributed by atoms with van der Waals surface area (Å²) < 4.78 is 5.94. The topological polar surface area (TPSA) is 22.1 Å². The van der Waals surface area contributed by atoms with E-state index in [1.165, 1.54) is 37.7 Å². The number of ether oxygens (including phenoxy) is 1. The van der Waals surface area contributed by atoms with Crippen molar-refractivity contribution < 1.29 is 4.74 Å². The summed E-state index contributed by atoms with van der Waals surface area (Å²) in [5, 5.41) is 5.24. The van der Waals surface area contributed by atoms with Gasteiger partial charge in [0, 0.05) is 24.3 Å². The third-order valence-electron chi connectivity index (χ3n) is 5.26. The van der Waals surface area contributed by atoms with Gasteiger partial charge in [-0.15, -0.1) is 0 Å². The van der Waals surface area contributed by atoms with Crippen molar-refractivity contribution in [2.24, 2.45) is 0 Å².